The lowest BCUT2D eigenvalue weighted by Gasteiger charge is -2.34. The summed E-state index contributed by atoms with van der Waals surface area (Å²) in [4.78, 5) is 22.8. The molecule has 0 fully saturated rings. The van der Waals surface area contributed by atoms with Crippen molar-refractivity contribution in [3.8, 4) is 11.1 Å². The van der Waals surface area contributed by atoms with E-state index in [2.05, 4.69) is 54.6 Å². The minimum absolute atomic E-state index is 0.548. The number of benzene rings is 4. The van der Waals surface area contributed by atoms with E-state index in [4.69, 9.17) is 0 Å². The van der Waals surface area contributed by atoms with Gasteiger partial charge in [0.05, 0.1) is 5.41 Å². The molecule has 1 aliphatic carbocycles. The minimum Gasteiger partial charge on any atom is -0.298 e. The third kappa shape index (κ3) is 2.43. The fourth-order valence-electron chi connectivity index (χ4n) is 4.68. The van der Waals surface area contributed by atoms with E-state index in [1.165, 1.54) is 22.3 Å². The maximum absolute atomic E-state index is 11.6. The molecule has 0 aliphatic heterocycles. The van der Waals surface area contributed by atoms with E-state index in [0.717, 1.165) is 23.7 Å². The molecular weight excluding hydrogens is 356 g/mol. The monoisotopic (exact) mass is 374 g/mol. The van der Waals surface area contributed by atoms with E-state index in [0.29, 0.717) is 11.1 Å². The van der Waals surface area contributed by atoms with Crippen LogP contribution in [-0.2, 0) is 5.41 Å². The summed E-state index contributed by atoms with van der Waals surface area (Å²) in [7, 11) is 0. The molecule has 138 valence electrons. The van der Waals surface area contributed by atoms with Crippen LogP contribution in [0.4, 0.5) is 0 Å². The van der Waals surface area contributed by atoms with Crippen LogP contribution in [0.1, 0.15) is 43.0 Å². The highest BCUT2D eigenvalue weighted by atomic mass is 16.1. The van der Waals surface area contributed by atoms with Crippen LogP contribution in [0.2, 0.25) is 0 Å². The van der Waals surface area contributed by atoms with Crippen molar-refractivity contribution in [2.45, 2.75) is 5.41 Å². The number of carbonyl (C=O) groups is 2. The van der Waals surface area contributed by atoms with Crippen molar-refractivity contribution < 1.29 is 9.59 Å². The predicted molar refractivity (Wildman–Crippen MR) is 115 cm³/mol. The molecule has 2 heteroatoms. The first-order chi connectivity index (χ1) is 14.3. The first kappa shape index (κ1) is 17.3. The van der Waals surface area contributed by atoms with Crippen molar-refractivity contribution in [3.63, 3.8) is 0 Å². The van der Waals surface area contributed by atoms with Gasteiger partial charge in [-0.1, -0.05) is 91.0 Å². The summed E-state index contributed by atoms with van der Waals surface area (Å²) in [6.45, 7) is 0. The standard InChI is InChI=1S/C27H18O2/c28-17-19-12-14-21(15-13-19)27(22-7-5-6-20(16-22)18-29)25-10-3-1-8-23(25)24-9-2-4-11-26(24)27/h1-18H. The Morgan fingerprint density at radius 1 is 0.517 bits per heavy atom. The Bertz CT molecular complexity index is 1190. The lowest BCUT2D eigenvalue weighted by molar-refractivity contribution is 0.111. The molecule has 0 unspecified atom stereocenters. The van der Waals surface area contributed by atoms with Crippen molar-refractivity contribution in [1.82, 2.24) is 0 Å². The van der Waals surface area contributed by atoms with E-state index >= 15 is 0 Å². The summed E-state index contributed by atoms with van der Waals surface area (Å²) >= 11 is 0. The van der Waals surface area contributed by atoms with E-state index < -0.39 is 5.41 Å². The molecule has 29 heavy (non-hydrogen) atoms. The summed E-state index contributed by atoms with van der Waals surface area (Å²) in [5.74, 6) is 0. The van der Waals surface area contributed by atoms with Crippen LogP contribution in [0, 0.1) is 0 Å². The third-order valence-corrected chi connectivity index (χ3v) is 5.89. The molecule has 4 aromatic carbocycles. The average molecular weight is 374 g/mol. The van der Waals surface area contributed by atoms with Gasteiger partial charge in [0, 0.05) is 11.1 Å². The second kappa shape index (κ2) is 6.68. The number of aldehydes is 2. The normalized spacial score (nSPS) is 13.4. The van der Waals surface area contributed by atoms with E-state index in [9.17, 15) is 9.59 Å². The summed E-state index contributed by atoms with van der Waals surface area (Å²) in [6.07, 6.45) is 1.75. The lowest BCUT2D eigenvalue weighted by atomic mass is 9.67. The second-order valence-electron chi connectivity index (χ2n) is 7.32. The SMILES string of the molecule is O=Cc1ccc(C2(c3cccc(C=O)c3)c3ccccc3-c3ccccc32)cc1. The molecule has 0 radical (unpaired) electrons. The highest BCUT2D eigenvalue weighted by molar-refractivity contribution is 5.87. The summed E-state index contributed by atoms with van der Waals surface area (Å²) < 4.78 is 0. The van der Waals surface area contributed by atoms with Crippen LogP contribution >= 0.6 is 0 Å². The van der Waals surface area contributed by atoms with Gasteiger partial charge >= 0.3 is 0 Å². The molecule has 0 aromatic heterocycles. The van der Waals surface area contributed by atoms with Crippen LogP contribution < -0.4 is 0 Å². The molecule has 0 atom stereocenters. The van der Waals surface area contributed by atoms with Crippen LogP contribution in [0.5, 0.6) is 0 Å². The molecule has 4 aromatic rings. The molecule has 0 heterocycles. The van der Waals surface area contributed by atoms with Crippen molar-refractivity contribution >= 4 is 12.6 Å². The van der Waals surface area contributed by atoms with Gasteiger partial charge in [-0.15, -0.1) is 0 Å². The van der Waals surface area contributed by atoms with Crippen molar-refractivity contribution in [3.05, 3.63) is 130 Å². The molecular formula is C27H18O2. The minimum atomic E-state index is -0.548. The Labute approximate surface area is 169 Å². The molecule has 0 N–H and O–H groups in total. The highest BCUT2D eigenvalue weighted by Crippen LogP contribution is 2.55. The van der Waals surface area contributed by atoms with Gasteiger partial charge in [0.2, 0.25) is 0 Å². The molecule has 0 spiro atoms. The molecule has 5 rings (SSSR count). The maximum Gasteiger partial charge on any atom is 0.150 e. The van der Waals surface area contributed by atoms with E-state index in [1.54, 1.807) is 0 Å². The number of fused-ring (bicyclic) bond motifs is 3. The molecule has 0 saturated carbocycles. The largest absolute Gasteiger partial charge is 0.298 e. The maximum atomic E-state index is 11.6. The summed E-state index contributed by atoms with van der Waals surface area (Å²) in [5.41, 5.74) is 7.61. The van der Waals surface area contributed by atoms with Gasteiger partial charge < -0.3 is 0 Å². The van der Waals surface area contributed by atoms with Gasteiger partial charge in [0.1, 0.15) is 12.6 Å². The van der Waals surface area contributed by atoms with Gasteiger partial charge in [-0.3, -0.25) is 9.59 Å². The zero-order valence-electron chi connectivity index (χ0n) is 15.7. The fourth-order valence-corrected chi connectivity index (χ4v) is 4.68. The van der Waals surface area contributed by atoms with Gasteiger partial charge in [-0.05, 0) is 39.4 Å². The average Bonchev–Trinajstić information content (AvgIpc) is 3.11. The Morgan fingerprint density at radius 2 is 1.10 bits per heavy atom. The summed E-state index contributed by atoms with van der Waals surface area (Å²) in [5, 5.41) is 0. The van der Waals surface area contributed by atoms with Crippen LogP contribution in [-0.4, -0.2) is 12.6 Å². The topological polar surface area (TPSA) is 34.1 Å². The van der Waals surface area contributed by atoms with Crippen molar-refractivity contribution in [2.75, 3.05) is 0 Å². The zero-order chi connectivity index (χ0) is 19.8. The quantitative estimate of drug-likeness (QED) is 0.380. The lowest BCUT2D eigenvalue weighted by Crippen LogP contribution is -2.28. The van der Waals surface area contributed by atoms with Gasteiger partial charge in [-0.25, -0.2) is 0 Å². The number of hydrogen-bond donors (Lipinski definition) is 0. The molecule has 2 nitrogen and oxygen atoms in total. The van der Waals surface area contributed by atoms with Gasteiger partial charge in [-0.2, -0.15) is 0 Å². The van der Waals surface area contributed by atoms with E-state index in [1.807, 2.05) is 42.5 Å². The first-order valence-corrected chi connectivity index (χ1v) is 9.60. The van der Waals surface area contributed by atoms with E-state index in [-0.39, 0.29) is 0 Å². The Hall–Kier alpha value is -3.78. The number of hydrogen-bond acceptors (Lipinski definition) is 2. The number of carbonyl (C=O) groups excluding carboxylic acids is 2. The summed E-state index contributed by atoms with van der Waals surface area (Å²) in [6, 6.07) is 32.4. The second-order valence-corrected chi connectivity index (χ2v) is 7.32. The number of rotatable bonds is 4. The fraction of sp³-hybridized carbons (Fsp3) is 0.0370. The van der Waals surface area contributed by atoms with Crippen molar-refractivity contribution in [2.24, 2.45) is 0 Å². The molecule has 0 amide bonds. The first-order valence-electron chi connectivity index (χ1n) is 9.60. The Balaban J connectivity index is 1.93. The molecule has 0 saturated heterocycles. The zero-order valence-corrected chi connectivity index (χ0v) is 15.7. The third-order valence-electron chi connectivity index (χ3n) is 5.89. The smallest absolute Gasteiger partial charge is 0.150 e. The van der Waals surface area contributed by atoms with Gasteiger partial charge in [0.15, 0.2) is 0 Å². The predicted octanol–water partition coefficient (Wildman–Crippen LogP) is 5.67. The van der Waals surface area contributed by atoms with Crippen LogP contribution in [0.15, 0.2) is 97.1 Å². The Morgan fingerprint density at radius 3 is 1.69 bits per heavy atom. The van der Waals surface area contributed by atoms with Crippen LogP contribution in [0.3, 0.4) is 0 Å². The van der Waals surface area contributed by atoms with Crippen LogP contribution in [0.25, 0.3) is 11.1 Å². The molecule has 1 aliphatic rings. The Kier molecular flexibility index (Phi) is 3.99. The van der Waals surface area contributed by atoms with Gasteiger partial charge in [0.25, 0.3) is 0 Å². The molecule has 0 bridgehead atoms. The van der Waals surface area contributed by atoms with Crippen molar-refractivity contribution in [1.29, 1.82) is 0 Å². The highest BCUT2D eigenvalue weighted by Gasteiger charge is 2.45.